The summed E-state index contributed by atoms with van der Waals surface area (Å²) in [5.41, 5.74) is 1.56. The average molecular weight is 653 g/mol. The summed E-state index contributed by atoms with van der Waals surface area (Å²) in [4.78, 5) is 13.3. The van der Waals surface area contributed by atoms with Gasteiger partial charge in [0.15, 0.2) is 29.2 Å². The number of tetrazole rings is 1. The second-order valence-electron chi connectivity index (χ2n) is 10.4. The number of hydrogen-bond acceptors (Lipinski definition) is 12. The molecule has 16 heteroatoms. The number of ether oxygens (including phenoxy) is 3. The van der Waals surface area contributed by atoms with Gasteiger partial charge in [0, 0.05) is 11.8 Å². The molecule has 0 saturated carbocycles. The summed E-state index contributed by atoms with van der Waals surface area (Å²) in [5.74, 6) is 0.148. The Kier molecular flexibility index (Phi) is 9.41. The summed E-state index contributed by atoms with van der Waals surface area (Å²) in [5, 5.41) is 23.4. The zero-order valence-corrected chi connectivity index (χ0v) is 26.0. The number of aliphatic hydroxyl groups is 1. The molecule has 0 aliphatic heterocycles. The van der Waals surface area contributed by atoms with Crippen LogP contribution in [0.1, 0.15) is 26.3 Å². The van der Waals surface area contributed by atoms with Crippen molar-refractivity contribution in [1.29, 1.82) is 0 Å². The molecule has 0 fully saturated rings. The van der Waals surface area contributed by atoms with Crippen LogP contribution in [0.2, 0.25) is 0 Å². The Morgan fingerprint density at radius 2 is 1.73 bits per heavy atom. The first-order valence-corrected chi connectivity index (χ1v) is 15.6. The number of hydrogen-bond donors (Lipinski definition) is 3. The third-order valence-electron chi connectivity index (χ3n) is 6.29. The van der Waals surface area contributed by atoms with E-state index in [1.54, 1.807) is 48.5 Å². The number of anilines is 1. The Hall–Kier alpha value is -4.86. The Bertz CT molecular complexity index is 1870. The molecule has 0 aliphatic carbocycles. The number of aromatic amines is 1. The largest absolute Gasteiger partial charge is 0.474 e. The lowest BCUT2D eigenvalue weighted by molar-refractivity contribution is 0.192. The predicted octanol–water partition coefficient (Wildman–Crippen LogP) is 4.56. The molecule has 0 spiro atoms. The van der Waals surface area contributed by atoms with E-state index in [1.165, 1.54) is 18.3 Å². The molecule has 0 radical (unpaired) electrons. The van der Waals surface area contributed by atoms with E-state index in [0.717, 1.165) is 5.56 Å². The number of rotatable bonds is 12. The molecule has 0 unspecified atom stereocenters. The maximum absolute atomic E-state index is 13.7. The molecule has 3 heterocycles. The first kappa shape index (κ1) is 31.6. The monoisotopic (exact) mass is 652 g/mol. The quantitative estimate of drug-likeness (QED) is 0.160. The fraction of sp³-hybridized carbons (Fsp3) is 0.241. The minimum absolute atomic E-state index is 0.00591. The van der Waals surface area contributed by atoms with Crippen molar-refractivity contribution in [3.63, 3.8) is 0 Å². The highest BCUT2D eigenvalue weighted by Crippen LogP contribution is 2.42. The van der Waals surface area contributed by atoms with Gasteiger partial charge in [0.1, 0.15) is 12.3 Å². The number of pyridine rings is 1. The van der Waals surface area contributed by atoms with Gasteiger partial charge in [0.2, 0.25) is 11.6 Å². The summed E-state index contributed by atoms with van der Waals surface area (Å²) >= 11 is 5.81. The number of alkyl halides is 1. The smallest absolute Gasteiger partial charge is 0.263 e. The standard InChI is InChI=1S/C29H29ClN8O6S/c1-29(2,3)19-8-10-20(11-9-19)45(40,41)36-27-24(44-23-7-5-4-6-22(23)43-17-30)28(42-15-14-39)33-25(32-27)18-12-13-31-21(16-18)26-34-37-38-35-26/h4-13,16,39H,14-15,17H2,1-3H3,(H,32,33,36)(H,34,35,37,38). The van der Waals surface area contributed by atoms with Crippen LogP contribution in [0.4, 0.5) is 5.82 Å². The minimum Gasteiger partial charge on any atom is -0.474 e. The molecular formula is C29H29ClN8O6S. The molecule has 0 atom stereocenters. The molecule has 0 amide bonds. The van der Waals surface area contributed by atoms with Gasteiger partial charge >= 0.3 is 0 Å². The zero-order chi connectivity index (χ0) is 32.0. The van der Waals surface area contributed by atoms with E-state index in [9.17, 15) is 13.5 Å². The van der Waals surface area contributed by atoms with Crippen LogP contribution in [-0.2, 0) is 15.4 Å². The molecule has 5 rings (SSSR count). The van der Waals surface area contributed by atoms with Crippen molar-refractivity contribution >= 4 is 27.4 Å². The van der Waals surface area contributed by atoms with Crippen molar-refractivity contribution in [3.8, 4) is 46.0 Å². The van der Waals surface area contributed by atoms with E-state index < -0.39 is 10.0 Å². The molecule has 0 aliphatic rings. The summed E-state index contributed by atoms with van der Waals surface area (Å²) in [7, 11) is -4.21. The highest BCUT2D eigenvalue weighted by Gasteiger charge is 2.26. The van der Waals surface area contributed by atoms with E-state index in [4.69, 9.17) is 25.8 Å². The third kappa shape index (κ3) is 7.45. The van der Waals surface area contributed by atoms with E-state index in [1.807, 2.05) is 20.8 Å². The molecule has 5 aromatic rings. The predicted molar refractivity (Wildman–Crippen MR) is 165 cm³/mol. The van der Waals surface area contributed by atoms with Crippen molar-refractivity contribution in [2.24, 2.45) is 0 Å². The number of sulfonamides is 1. The number of nitrogens with zero attached hydrogens (tertiary/aromatic N) is 6. The number of H-pyrrole nitrogens is 1. The number of benzene rings is 2. The van der Waals surface area contributed by atoms with Gasteiger partial charge in [-0.1, -0.05) is 56.6 Å². The maximum Gasteiger partial charge on any atom is 0.263 e. The second-order valence-corrected chi connectivity index (χ2v) is 12.4. The summed E-state index contributed by atoms with van der Waals surface area (Å²) in [6, 6.07) is 16.2. The van der Waals surface area contributed by atoms with Gasteiger partial charge in [-0.15, -0.1) is 10.2 Å². The number of aliphatic hydroxyl groups excluding tert-OH is 1. The lowest BCUT2D eigenvalue weighted by atomic mass is 9.87. The van der Waals surface area contributed by atoms with Crippen LogP contribution < -0.4 is 18.9 Å². The highest BCUT2D eigenvalue weighted by atomic mass is 35.5. The van der Waals surface area contributed by atoms with Gasteiger partial charge in [-0.25, -0.2) is 13.4 Å². The van der Waals surface area contributed by atoms with Crippen molar-refractivity contribution in [1.82, 2.24) is 35.6 Å². The average Bonchev–Trinajstić information content (AvgIpc) is 3.57. The molecule has 3 aromatic heterocycles. The lowest BCUT2D eigenvalue weighted by Crippen LogP contribution is -2.17. The zero-order valence-electron chi connectivity index (χ0n) is 24.4. The van der Waals surface area contributed by atoms with Crippen LogP contribution in [0.25, 0.3) is 22.9 Å². The van der Waals surface area contributed by atoms with E-state index in [-0.39, 0.29) is 70.2 Å². The summed E-state index contributed by atoms with van der Waals surface area (Å²) < 4.78 is 47.4. The van der Waals surface area contributed by atoms with Crippen molar-refractivity contribution in [3.05, 3.63) is 72.4 Å². The molecule has 3 N–H and O–H groups in total. The minimum atomic E-state index is -4.21. The van der Waals surface area contributed by atoms with Crippen LogP contribution in [0.15, 0.2) is 71.8 Å². The number of nitrogens with one attached hydrogen (secondary N) is 2. The maximum atomic E-state index is 13.7. The van der Waals surface area contributed by atoms with Crippen LogP contribution in [0, 0.1) is 0 Å². The molecule has 14 nitrogen and oxygen atoms in total. The first-order chi connectivity index (χ1) is 21.6. The molecule has 2 aromatic carbocycles. The van der Waals surface area contributed by atoms with Gasteiger partial charge in [0.05, 0.1) is 11.5 Å². The van der Waals surface area contributed by atoms with Gasteiger partial charge in [-0.05, 0) is 52.6 Å². The summed E-state index contributed by atoms with van der Waals surface area (Å²) in [6.07, 6.45) is 1.49. The van der Waals surface area contributed by atoms with Gasteiger partial charge in [-0.2, -0.15) is 10.2 Å². The number of halogens is 1. The van der Waals surface area contributed by atoms with Gasteiger partial charge in [0.25, 0.3) is 15.9 Å². The fourth-order valence-electron chi connectivity index (χ4n) is 4.07. The van der Waals surface area contributed by atoms with Crippen molar-refractivity contribution in [2.75, 3.05) is 24.0 Å². The van der Waals surface area contributed by atoms with Crippen LogP contribution in [0.5, 0.6) is 23.1 Å². The third-order valence-corrected chi connectivity index (χ3v) is 7.75. The Morgan fingerprint density at radius 3 is 2.40 bits per heavy atom. The Labute approximate surface area is 263 Å². The van der Waals surface area contributed by atoms with Crippen LogP contribution in [-0.4, -0.2) is 68.4 Å². The SMILES string of the molecule is CC(C)(C)c1ccc(S(=O)(=O)Nc2nc(-c3ccnc(-c4nn[nH]n4)c3)nc(OCCO)c2Oc2ccccc2OCCl)cc1. The number of para-hydroxylation sites is 2. The fourth-order valence-corrected chi connectivity index (χ4v) is 5.19. The molecule has 0 bridgehead atoms. The lowest BCUT2D eigenvalue weighted by Gasteiger charge is -2.20. The molecule has 0 saturated heterocycles. The highest BCUT2D eigenvalue weighted by molar-refractivity contribution is 7.92. The molecule has 45 heavy (non-hydrogen) atoms. The van der Waals surface area contributed by atoms with E-state index >= 15 is 0 Å². The van der Waals surface area contributed by atoms with E-state index in [2.05, 4.69) is 40.3 Å². The van der Waals surface area contributed by atoms with Gasteiger partial charge in [-0.3, -0.25) is 9.71 Å². The normalized spacial score (nSPS) is 11.7. The van der Waals surface area contributed by atoms with Crippen molar-refractivity contribution < 1.29 is 27.7 Å². The topological polar surface area (TPSA) is 187 Å². The molecular weight excluding hydrogens is 624 g/mol. The Balaban J connectivity index is 1.65. The van der Waals surface area contributed by atoms with Crippen LogP contribution in [0.3, 0.4) is 0 Å². The summed E-state index contributed by atoms with van der Waals surface area (Å²) in [6.45, 7) is 5.55. The van der Waals surface area contributed by atoms with E-state index in [0.29, 0.717) is 11.3 Å². The Morgan fingerprint density at radius 1 is 0.978 bits per heavy atom. The molecule has 234 valence electrons. The van der Waals surface area contributed by atoms with Crippen LogP contribution >= 0.6 is 11.6 Å². The van der Waals surface area contributed by atoms with Gasteiger partial charge < -0.3 is 19.3 Å². The second kappa shape index (κ2) is 13.4. The number of aromatic nitrogens is 7. The van der Waals surface area contributed by atoms with Crippen molar-refractivity contribution in [2.45, 2.75) is 31.1 Å². The first-order valence-electron chi connectivity index (χ1n) is 13.5.